The number of methoxy groups -OCH3 is 1. The zero-order valence-electron chi connectivity index (χ0n) is 13.5. The van der Waals surface area contributed by atoms with E-state index >= 15 is 0 Å². The maximum absolute atomic E-state index is 7.72. The zero-order chi connectivity index (χ0) is 15.7. The fourth-order valence-corrected chi connectivity index (χ4v) is 2.86. The molecule has 1 aromatic carbocycles. The first kappa shape index (κ1) is 17.7. The van der Waals surface area contributed by atoms with E-state index in [4.69, 9.17) is 15.9 Å². The lowest BCUT2D eigenvalue weighted by Gasteiger charge is -2.37. The van der Waals surface area contributed by atoms with Crippen LogP contribution < -0.4 is 5.73 Å². The summed E-state index contributed by atoms with van der Waals surface area (Å²) < 4.78 is 5.28. The van der Waals surface area contributed by atoms with Crippen LogP contribution in [0, 0.1) is 5.41 Å². The van der Waals surface area contributed by atoms with Crippen LogP contribution in [-0.2, 0) is 4.74 Å². The second-order valence-corrected chi connectivity index (χ2v) is 5.36. The predicted octanol–water partition coefficient (Wildman–Crippen LogP) is 3.19. The summed E-state index contributed by atoms with van der Waals surface area (Å²) in [7, 11) is 1.73. The second-order valence-electron chi connectivity index (χ2n) is 5.36. The number of hydrogen-bond donors (Lipinski definition) is 2. The SMILES string of the molecule is CCC(CC)N(CCOC)C(CC(=N)N)c1ccccc1. The maximum Gasteiger partial charge on any atom is 0.0924 e. The van der Waals surface area contributed by atoms with Gasteiger partial charge in [-0.3, -0.25) is 10.3 Å². The maximum atomic E-state index is 7.72. The van der Waals surface area contributed by atoms with Crippen LogP contribution in [0.4, 0.5) is 0 Å². The lowest BCUT2D eigenvalue weighted by Crippen LogP contribution is -2.41. The van der Waals surface area contributed by atoms with Crippen molar-refractivity contribution in [1.29, 1.82) is 5.41 Å². The number of ether oxygens (including phenoxy) is 1. The molecule has 0 amide bonds. The van der Waals surface area contributed by atoms with Crippen molar-refractivity contribution >= 4 is 5.84 Å². The number of benzene rings is 1. The van der Waals surface area contributed by atoms with E-state index in [1.807, 2.05) is 18.2 Å². The van der Waals surface area contributed by atoms with E-state index in [9.17, 15) is 0 Å². The van der Waals surface area contributed by atoms with Crippen LogP contribution in [0.15, 0.2) is 30.3 Å². The molecule has 0 saturated carbocycles. The highest BCUT2D eigenvalue weighted by molar-refractivity contribution is 5.77. The van der Waals surface area contributed by atoms with Crippen LogP contribution in [-0.4, -0.2) is 37.0 Å². The van der Waals surface area contributed by atoms with E-state index in [0.717, 1.165) is 19.4 Å². The summed E-state index contributed by atoms with van der Waals surface area (Å²) in [6.45, 7) is 5.97. The number of rotatable bonds is 10. The third-order valence-electron chi connectivity index (χ3n) is 3.96. The molecule has 0 bridgehead atoms. The molecule has 1 rings (SSSR count). The standard InChI is InChI=1S/C17H29N3O/c1-4-15(5-2)20(11-12-21-3)16(13-17(18)19)14-9-7-6-8-10-14/h6-10,15-16H,4-5,11-13H2,1-3H3,(H3,18,19). The number of nitrogens with two attached hydrogens (primary N) is 1. The highest BCUT2D eigenvalue weighted by atomic mass is 16.5. The molecule has 0 saturated heterocycles. The van der Waals surface area contributed by atoms with Gasteiger partial charge >= 0.3 is 0 Å². The molecule has 1 unspecified atom stereocenters. The molecule has 1 atom stereocenters. The van der Waals surface area contributed by atoms with E-state index in [1.54, 1.807) is 7.11 Å². The molecule has 118 valence electrons. The molecule has 0 aliphatic heterocycles. The van der Waals surface area contributed by atoms with Crippen LogP contribution in [0.3, 0.4) is 0 Å². The van der Waals surface area contributed by atoms with Crippen molar-refractivity contribution in [3.8, 4) is 0 Å². The Morgan fingerprint density at radius 1 is 1.24 bits per heavy atom. The van der Waals surface area contributed by atoms with Gasteiger partial charge in [-0.15, -0.1) is 0 Å². The molecular formula is C17H29N3O. The first-order chi connectivity index (χ1) is 10.1. The molecule has 4 nitrogen and oxygen atoms in total. The number of nitrogens with one attached hydrogen (secondary N) is 1. The van der Waals surface area contributed by atoms with Crippen LogP contribution in [0.2, 0.25) is 0 Å². The van der Waals surface area contributed by atoms with Gasteiger partial charge in [0.1, 0.15) is 0 Å². The van der Waals surface area contributed by atoms with Gasteiger partial charge in [0, 0.05) is 32.2 Å². The highest BCUT2D eigenvalue weighted by Crippen LogP contribution is 2.28. The molecule has 0 radical (unpaired) electrons. The van der Waals surface area contributed by atoms with Gasteiger partial charge in [-0.2, -0.15) is 0 Å². The van der Waals surface area contributed by atoms with Crippen molar-refractivity contribution in [2.24, 2.45) is 5.73 Å². The van der Waals surface area contributed by atoms with E-state index in [0.29, 0.717) is 19.1 Å². The van der Waals surface area contributed by atoms with E-state index in [2.05, 4.69) is 30.9 Å². The molecule has 1 aromatic rings. The van der Waals surface area contributed by atoms with Crippen molar-refractivity contribution in [2.75, 3.05) is 20.3 Å². The third-order valence-corrected chi connectivity index (χ3v) is 3.96. The first-order valence-electron chi connectivity index (χ1n) is 7.76. The molecule has 0 spiro atoms. The Morgan fingerprint density at radius 3 is 2.33 bits per heavy atom. The Balaban J connectivity index is 3.06. The Morgan fingerprint density at radius 2 is 1.86 bits per heavy atom. The van der Waals surface area contributed by atoms with Gasteiger partial charge in [0.2, 0.25) is 0 Å². The molecule has 3 N–H and O–H groups in total. The average Bonchev–Trinajstić information content (AvgIpc) is 2.50. The van der Waals surface area contributed by atoms with Crippen molar-refractivity contribution in [1.82, 2.24) is 4.90 Å². The van der Waals surface area contributed by atoms with Gasteiger partial charge in [0.15, 0.2) is 0 Å². The summed E-state index contributed by atoms with van der Waals surface area (Å²) >= 11 is 0. The highest BCUT2D eigenvalue weighted by Gasteiger charge is 2.26. The minimum atomic E-state index is 0.142. The smallest absolute Gasteiger partial charge is 0.0924 e. The lowest BCUT2D eigenvalue weighted by atomic mass is 9.97. The predicted molar refractivity (Wildman–Crippen MR) is 88.7 cm³/mol. The second kappa shape index (κ2) is 9.53. The fourth-order valence-electron chi connectivity index (χ4n) is 2.86. The zero-order valence-corrected chi connectivity index (χ0v) is 13.5. The summed E-state index contributed by atoms with van der Waals surface area (Å²) in [5, 5.41) is 7.72. The Bertz CT molecular complexity index is 404. The molecular weight excluding hydrogens is 262 g/mol. The minimum Gasteiger partial charge on any atom is -0.388 e. The molecule has 0 fully saturated rings. The lowest BCUT2D eigenvalue weighted by molar-refractivity contribution is 0.0811. The van der Waals surface area contributed by atoms with Crippen molar-refractivity contribution in [3.05, 3.63) is 35.9 Å². The summed E-state index contributed by atoms with van der Waals surface area (Å²) in [5.74, 6) is 0.234. The van der Waals surface area contributed by atoms with Crippen LogP contribution >= 0.6 is 0 Å². The average molecular weight is 291 g/mol. The Kier molecular flexibility index (Phi) is 8.01. The third kappa shape index (κ3) is 5.48. The number of nitrogens with zero attached hydrogens (tertiary/aromatic N) is 1. The molecule has 0 heterocycles. The van der Waals surface area contributed by atoms with E-state index in [1.165, 1.54) is 5.56 Å². The Hall–Kier alpha value is -1.39. The number of hydrogen-bond acceptors (Lipinski definition) is 3. The fraction of sp³-hybridized carbons (Fsp3) is 0.588. The quantitative estimate of drug-likeness (QED) is 0.514. The summed E-state index contributed by atoms with van der Waals surface area (Å²) in [6, 6.07) is 11.0. The normalized spacial score (nSPS) is 12.8. The van der Waals surface area contributed by atoms with Gasteiger partial charge in [0.25, 0.3) is 0 Å². The van der Waals surface area contributed by atoms with E-state index in [-0.39, 0.29) is 11.9 Å². The molecule has 0 aromatic heterocycles. The van der Waals surface area contributed by atoms with Crippen LogP contribution in [0.5, 0.6) is 0 Å². The molecule has 21 heavy (non-hydrogen) atoms. The summed E-state index contributed by atoms with van der Waals surface area (Å²) in [5.41, 5.74) is 6.92. The topological polar surface area (TPSA) is 62.3 Å². The summed E-state index contributed by atoms with van der Waals surface area (Å²) in [6.07, 6.45) is 2.73. The van der Waals surface area contributed by atoms with Gasteiger partial charge in [-0.25, -0.2) is 0 Å². The van der Waals surface area contributed by atoms with Gasteiger partial charge in [-0.05, 0) is 18.4 Å². The number of amidine groups is 1. The first-order valence-corrected chi connectivity index (χ1v) is 7.76. The van der Waals surface area contributed by atoms with Crippen molar-refractivity contribution in [2.45, 2.75) is 45.2 Å². The monoisotopic (exact) mass is 291 g/mol. The van der Waals surface area contributed by atoms with Crippen molar-refractivity contribution < 1.29 is 4.74 Å². The molecule has 4 heteroatoms. The minimum absolute atomic E-state index is 0.142. The van der Waals surface area contributed by atoms with Crippen LogP contribution in [0.25, 0.3) is 0 Å². The summed E-state index contributed by atoms with van der Waals surface area (Å²) in [4.78, 5) is 2.44. The molecule has 0 aliphatic rings. The van der Waals surface area contributed by atoms with Crippen molar-refractivity contribution in [3.63, 3.8) is 0 Å². The van der Waals surface area contributed by atoms with E-state index < -0.39 is 0 Å². The van der Waals surface area contributed by atoms with Gasteiger partial charge in [0.05, 0.1) is 12.4 Å². The molecule has 0 aliphatic carbocycles. The van der Waals surface area contributed by atoms with Crippen LogP contribution in [0.1, 0.15) is 44.7 Å². The van der Waals surface area contributed by atoms with Gasteiger partial charge < -0.3 is 10.5 Å². The van der Waals surface area contributed by atoms with Gasteiger partial charge in [-0.1, -0.05) is 44.2 Å². The largest absolute Gasteiger partial charge is 0.388 e. The Labute approximate surface area is 128 Å².